The topological polar surface area (TPSA) is 0 Å². The number of hydrogen-bond acceptors (Lipinski definition) is 0. The van der Waals surface area contributed by atoms with Gasteiger partial charge in [0.15, 0.2) is 0 Å². The standard InChI is InChI=1S/2C17H15.C8H9.CH3.H2Si.V/c2*1-2-13-11-15-9-6-10-16(17(15)12-13)14-7-4-3-5-8-14;1-2-8-6-4-3-5-7-8;;;/h2*3-12H,2H2,1H3;2-7H,1H3;1H3;1H2;/q4*-1;;. The van der Waals surface area contributed by atoms with Crippen molar-refractivity contribution in [2.75, 3.05) is 0 Å². The Hall–Kier alpha value is -4.01. The van der Waals surface area contributed by atoms with Crippen molar-refractivity contribution >= 4 is 29.7 Å². The predicted molar refractivity (Wildman–Crippen MR) is 199 cm³/mol. The van der Waals surface area contributed by atoms with Crippen LogP contribution >= 0.6 is 0 Å². The molecule has 0 N–H and O–H groups in total. The van der Waals surface area contributed by atoms with Gasteiger partial charge < -0.3 is 7.43 Å². The van der Waals surface area contributed by atoms with E-state index in [1.165, 1.54) is 60.5 Å². The quantitative estimate of drug-likeness (QED) is 0.130. The van der Waals surface area contributed by atoms with E-state index in [1.54, 1.807) is 8.15 Å². The SMILES string of the molecule is CCc1cc2c(-c3ccccc3)cccc2[cH-]1.CCc1cc2c(-c3ccccc3)cccc2[cH-]1.C[CH-]c1ccccc1.[CH3-].[SiH2]=[V]. The number of fused-ring (bicyclic) bond motifs is 2. The molecule has 0 unspecified atom stereocenters. The molecule has 0 nitrogen and oxygen atoms in total. The van der Waals surface area contributed by atoms with Crippen molar-refractivity contribution in [2.45, 2.75) is 33.6 Å². The van der Waals surface area contributed by atoms with Gasteiger partial charge in [-0.05, 0) is 24.0 Å². The van der Waals surface area contributed by atoms with Gasteiger partial charge in [0, 0.05) is 0 Å². The van der Waals surface area contributed by atoms with Gasteiger partial charge in [0.05, 0.1) is 0 Å². The average Bonchev–Trinajstić information content (AvgIpc) is 3.75. The second-order valence-electron chi connectivity index (χ2n) is 10.5. The van der Waals surface area contributed by atoms with Gasteiger partial charge >= 0.3 is 24.4 Å². The van der Waals surface area contributed by atoms with Crippen LogP contribution in [0.5, 0.6) is 0 Å². The number of benzene rings is 5. The van der Waals surface area contributed by atoms with Gasteiger partial charge in [-0.3, -0.25) is 0 Å². The molecule has 0 radical (unpaired) electrons. The molecule has 0 aliphatic carbocycles. The molecule has 0 saturated heterocycles. The zero-order valence-electron chi connectivity index (χ0n) is 27.1. The van der Waals surface area contributed by atoms with E-state index in [4.69, 9.17) is 0 Å². The monoisotopic (exact) mass is 639 g/mol. The predicted octanol–water partition coefficient (Wildman–Crippen LogP) is 11.4. The fraction of sp³-hybridized carbons (Fsp3) is 0.116. The summed E-state index contributed by atoms with van der Waals surface area (Å²) >= 11 is 2.34. The van der Waals surface area contributed by atoms with Crippen LogP contribution in [-0.4, -0.2) is 8.15 Å². The average molecular weight is 640 g/mol. The molecule has 0 saturated carbocycles. The molecule has 7 aromatic rings. The number of aryl methyl sites for hydroxylation is 2. The van der Waals surface area contributed by atoms with Crippen molar-refractivity contribution in [3.63, 3.8) is 0 Å². The number of hydrogen-bond donors (Lipinski definition) is 0. The van der Waals surface area contributed by atoms with Crippen LogP contribution in [0, 0.1) is 13.8 Å². The fourth-order valence-corrected chi connectivity index (χ4v) is 5.39. The first-order valence-electron chi connectivity index (χ1n) is 15.3. The molecule has 45 heavy (non-hydrogen) atoms. The molecular weight excluding hydrogens is 596 g/mol. The molecule has 0 atom stereocenters. The first-order valence-corrected chi connectivity index (χ1v) is 18.9. The number of rotatable bonds is 5. The molecule has 7 rings (SSSR count). The molecule has 0 amide bonds. The Balaban J connectivity index is 0.000000188. The molecule has 0 aliphatic heterocycles. The fourth-order valence-electron chi connectivity index (χ4n) is 5.39. The van der Waals surface area contributed by atoms with Crippen LogP contribution in [0.15, 0.2) is 152 Å². The zero-order chi connectivity index (χ0) is 31.1. The van der Waals surface area contributed by atoms with Crippen LogP contribution in [-0.2, 0) is 29.1 Å². The molecular formula is C43H44SiV-4. The summed E-state index contributed by atoms with van der Waals surface area (Å²) in [4.78, 5) is 0. The molecule has 7 aromatic carbocycles. The Morgan fingerprint density at radius 2 is 0.911 bits per heavy atom. The van der Waals surface area contributed by atoms with Gasteiger partial charge in [-0.1, -0.05) is 111 Å². The van der Waals surface area contributed by atoms with Crippen LogP contribution in [0.2, 0.25) is 0 Å². The van der Waals surface area contributed by atoms with Gasteiger partial charge in [0.25, 0.3) is 0 Å². The summed E-state index contributed by atoms with van der Waals surface area (Å²) in [5.74, 6) is 0. The molecule has 229 valence electrons. The van der Waals surface area contributed by atoms with Gasteiger partial charge in [-0.2, -0.15) is 36.2 Å². The maximum atomic E-state index is 2.34. The Labute approximate surface area is 282 Å². The first kappa shape index (κ1) is 35.5. The van der Waals surface area contributed by atoms with Crippen LogP contribution in [0.25, 0.3) is 43.8 Å². The molecule has 0 spiro atoms. The third-order valence-electron chi connectivity index (χ3n) is 7.74. The minimum absolute atomic E-state index is 0. The summed E-state index contributed by atoms with van der Waals surface area (Å²) in [5.41, 5.74) is 9.39. The van der Waals surface area contributed by atoms with E-state index in [1.807, 2.05) is 25.1 Å². The van der Waals surface area contributed by atoms with Crippen LogP contribution in [0.4, 0.5) is 0 Å². The van der Waals surface area contributed by atoms with Crippen molar-refractivity contribution < 1.29 is 16.3 Å². The maximum absolute atomic E-state index is 2.34. The molecule has 0 aliphatic rings. The van der Waals surface area contributed by atoms with Gasteiger partial charge in [0.2, 0.25) is 0 Å². The summed E-state index contributed by atoms with van der Waals surface area (Å²) in [5, 5.41) is 5.44. The normalized spacial score (nSPS) is 9.82. The van der Waals surface area contributed by atoms with Crippen molar-refractivity contribution in [1.29, 1.82) is 0 Å². The Morgan fingerprint density at radius 3 is 1.24 bits per heavy atom. The summed E-state index contributed by atoms with van der Waals surface area (Å²) in [6.07, 6.45) is 4.28. The summed E-state index contributed by atoms with van der Waals surface area (Å²) in [7, 11) is 1.80. The van der Waals surface area contributed by atoms with Crippen molar-refractivity contribution in [3.8, 4) is 22.3 Å². The third kappa shape index (κ3) is 9.49. The van der Waals surface area contributed by atoms with E-state index in [2.05, 4.69) is 170 Å². The molecule has 0 heterocycles. The van der Waals surface area contributed by atoms with E-state index in [-0.39, 0.29) is 7.43 Å². The molecule has 0 aromatic heterocycles. The molecule has 2 heteroatoms. The van der Waals surface area contributed by atoms with Crippen LogP contribution in [0.1, 0.15) is 37.5 Å². The van der Waals surface area contributed by atoms with Crippen molar-refractivity contribution in [3.05, 3.63) is 182 Å². The molecule has 0 fully saturated rings. The van der Waals surface area contributed by atoms with Gasteiger partial charge in [-0.25, -0.2) is 0 Å². The second kappa shape index (κ2) is 18.7. The Kier molecular flexibility index (Phi) is 14.8. The molecule has 0 bridgehead atoms. The Morgan fingerprint density at radius 1 is 0.533 bits per heavy atom. The van der Waals surface area contributed by atoms with E-state index in [0.717, 1.165) is 12.8 Å². The van der Waals surface area contributed by atoms with Crippen LogP contribution < -0.4 is 0 Å². The Bertz CT molecular complexity index is 1710. The summed E-state index contributed by atoms with van der Waals surface area (Å²) in [6, 6.07) is 53.8. The second-order valence-corrected chi connectivity index (χ2v) is 10.5. The van der Waals surface area contributed by atoms with E-state index in [0.29, 0.717) is 0 Å². The first-order chi connectivity index (χ1) is 21.7. The summed E-state index contributed by atoms with van der Waals surface area (Å²) < 4.78 is 0. The van der Waals surface area contributed by atoms with E-state index >= 15 is 0 Å². The van der Waals surface area contributed by atoms with E-state index < -0.39 is 0 Å². The van der Waals surface area contributed by atoms with E-state index in [9.17, 15) is 0 Å². The van der Waals surface area contributed by atoms with Crippen LogP contribution in [0.3, 0.4) is 0 Å². The minimum atomic E-state index is 0. The zero-order valence-corrected chi connectivity index (χ0v) is 29.9. The van der Waals surface area contributed by atoms with Gasteiger partial charge in [0.1, 0.15) is 0 Å². The van der Waals surface area contributed by atoms with Gasteiger partial charge in [-0.15, -0.1) is 81.2 Å². The van der Waals surface area contributed by atoms with Crippen molar-refractivity contribution in [1.82, 2.24) is 0 Å². The summed E-state index contributed by atoms with van der Waals surface area (Å²) in [6.45, 7) is 6.45. The van der Waals surface area contributed by atoms with Crippen molar-refractivity contribution in [2.24, 2.45) is 0 Å². The third-order valence-corrected chi connectivity index (χ3v) is 7.74.